The maximum absolute atomic E-state index is 12.3. The fraction of sp³-hybridized carbons (Fsp3) is 0.368. The number of fused-ring (bicyclic) bond motifs is 1. The average molecular weight is 352 g/mol. The van der Waals surface area contributed by atoms with Crippen molar-refractivity contribution in [2.45, 2.75) is 32.6 Å². The first-order chi connectivity index (χ1) is 12.6. The molecule has 3 heterocycles. The lowest BCUT2D eigenvalue weighted by Crippen LogP contribution is -2.27. The molecule has 7 nitrogen and oxygen atoms in total. The second-order valence-corrected chi connectivity index (χ2v) is 6.70. The summed E-state index contributed by atoms with van der Waals surface area (Å²) in [6.07, 6.45) is 2.86. The fourth-order valence-electron chi connectivity index (χ4n) is 3.30. The lowest BCUT2D eigenvalue weighted by molar-refractivity contribution is -0.130. The molecule has 1 aliphatic rings. The van der Waals surface area contributed by atoms with Crippen molar-refractivity contribution in [3.8, 4) is 11.4 Å². The Kier molecular flexibility index (Phi) is 4.28. The molecule has 0 unspecified atom stereocenters. The van der Waals surface area contributed by atoms with Crippen LogP contribution in [-0.2, 0) is 11.2 Å². The molecule has 3 aromatic rings. The number of pyridine rings is 1. The van der Waals surface area contributed by atoms with Crippen LogP contribution in [0.25, 0.3) is 22.3 Å². The maximum Gasteiger partial charge on any atom is 0.259 e. The van der Waals surface area contributed by atoms with Gasteiger partial charge in [0.05, 0.1) is 5.56 Å². The lowest BCUT2D eigenvalue weighted by Gasteiger charge is -2.13. The van der Waals surface area contributed by atoms with Crippen molar-refractivity contribution >= 4 is 16.8 Å². The Morgan fingerprint density at radius 1 is 1.27 bits per heavy atom. The van der Waals surface area contributed by atoms with E-state index in [4.69, 9.17) is 4.52 Å². The van der Waals surface area contributed by atoms with E-state index in [1.807, 2.05) is 30.0 Å². The van der Waals surface area contributed by atoms with Gasteiger partial charge in [-0.2, -0.15) is 4.98 Å². The Labute approximate surface area is 150 Å². The van der Waals surface area contributed by atoms with Crippen molar-refractivity contribution in [2.24, 2.45) is 0 Å². The number of hydrogen-bond acceptors (Lipinski definition) is 5. The average Bonchev–Trinajstić information content (AvgIpc) is 3.31. The highest BCUT2D eigenvalue weighted by molar-refractivity contribution is 5.83. The second kappa shape index (κ2) is 6.74. The van der Waals surface area contributed by atoms with Crippen LogP contribution >= 0.6 is 0 Å². The molecule has 0 aliphatic carbocycles. The molecule has 0 saturated carbocycles. The van der Waals surface area contributed by atoms with Gasteiger partial charge in [-0.25, -0.2) is 0 Å². The van der Waals surface area contributed by atoms with Gasteiger partial charge in [-0.3, -0.25) is 9.59 Å². The standard InChI is InChI=1S/C19H20N4O3/c1-12-4-5-15-13(10-12)11-14(19(25)20-15)18-21-16(26-22-18)6-7-17(24)23-8-2-3-9-23/h4-5,10-11H,2-3,6-9H2,1H3,(H,20,25). The van der Waals surface area contributed by atoms with E-state index in [0.29, 0.717) is 24.3 Å². The summed E-state index contributed by atoms with van der Waals surface area (Å²) in [5.74, 6) is 0.732. The van der Waals surface area contributed by atoms with Crippen LogP contribution in [0.5, 0.6) is 0 Å². The van der Waals surface area contributed by atoms with Crippen molar-refractivity contribution in [3.05, 3.63) is 46.1 Å². The number of nitrogens with zero attached hydrogens (tertiary/aromatic N) is 3. The first-order valence-electron chi connectivity index (χ1n) is 8.84. The number of nitrogens with one attached hydrogen (secondary N) is 1. The van der Waals surface area contributed by atoms with Crippen LogP contribution in [0.3, 0.4) is 0 Å². The van der Waals surface area contributed by atoms with E-state index in [9.17, 15) is 9.59 Å². The molecule has 0 radical (unpaired) electrons. The largest absolute Gasteiger partial charge is 0.343 e. The van der Waals surface area contributed by atoms with Gasteiger partial charge in [-0.05, 0) is 43.4 Å². The van der Waals surface area contributed by atoms with Crippen LogP contribution in [-0.4, -0.2) is 39.0 Å². The van der Waals surface area contributed by atoms with Gasteiger partial charge < -0.3 is 14.4 Å². The summed E-state index contributed by atoms with van der Waals surface area (Å²) >= 11 is 0. The van der Waals surface area contributed by atoms with Gasteiger partial charge >= 0.3 is 0 Å². The summed E-state index contributed by atoms with van der Waals surface area (Å²) in [4.78, 5) is 33.5. The highest BCUT2D eigenvalue weighted by Gasteiger charge is 2.19. The maximum atomic E-state index is 12.3. The quantitative estimate of drug-likeness (QED) is 0.778. The Morgan fingerprint density at radius 2 is 2.08 bits per heavy atom. The van der Waals surface area contributed by atoms with Crippen molar-refractivity contribution in [1.29, 1.82) is 0 Å². The Morgan fingerprint density at radius 3 is 2.88 bits per heavy atom. The zero-order valence-electron chi connectivity index (χ0n) is 14.6. The van der Waals surface area contributed by atoms with E-state index in [-0.39, 0.29) is 17.3 Å². The van der Waals surface area contributed by atoms with E-state index < -0.39 is 0 Å². The van der Waals surface area contributed by atoms with E-state index in [1.54, 1.807) is 6.07 Å². The Bertz CT molecular complexity index is 1020. The number of rotatable bonds is 4. The minimum atomic E-state index is -0.262. The van der Waals surface area contributed by atoms with E-state index in [1.165, 1.54) is 0 Å². The van der Waals surface area contributed by atoms with Crippen LogP contribution in [0.15, 0.2) is 33.6 Å². The number of benzene rings is 1. The molecule has 1 amide bonds. The van der Waals surface area contributed by atoms with E-state index in [2.05, 4.69) is 15.1 Å². The van der Waals surface area contributed by atoms with Gasteiger partial charge in [0.2, 0.25) is 17.6 Å². The molecule has 26 heavy (non-hydrogen) atoms. The number of H-pyrrole nitrogens is 1. The molecule has 4 rings (SSSR count). The normalized spacial score (nSPS) is 14.3. The Balaban J connectivity index is 1.54. The molecular formula is C19H20N4O3. The number of aromatic nitrogens is 3. The summed E-state index contributed by atoms with van der Waals surface area (Å²) in [5, 5.41) is 4.83. The van der Waals surface area contributed by atoms with Gasteiger partial charge in [0, 0.05) is 31.4 Å². The van der Waals surface area contributed by atoms with Crippen LogP contribution in [0, 0.1) is 6.92 Å². The summed E-state index contributed by atoms with van der Waals surface area (Å²) in [6.45, 7) is 3.66. The van der Waals surface area contributed by atoms with Crippen LogP contribution in [0.2, 0.25) is 0 Å². The summed E-state index contributed by atoms with van der Waals surface area (Å²) in [6, 6.07) is 7.58. The topological polar surface area (TPSA) is 92.1 Å². The molecule has 0 bridgehead atoms. The number of carbonyl (C=O) groups is 1. The van der Waals surface area contributed by atoms with Gasteiger partial charge in [0.1, 0.15) is 0 Å². The first kappa shape index (κ1) is 16.5. The molecule has 1 aromatic carbocycles. The smallest absolute Gasteiger partial charge is 0.259 e. The zero-order valence-corrected chi connectivity index (χ0v) is 14.6. The molecule has 1 saturated heterocycles. The third-order valence-electron chi connectivity index (χ3n) is 4.72. The third kappa shape index (κ3) is 3.24. The second-order valence-electron chi connectivity index (χ2n) is 6.70. The van der Waals surface area contributed by atoms with Crippen molar-refractivity contribution in [3.63, 3.8) is 0 Å². The summed E-state index contributed by atoms with van der Waals surface area (Å²) < 4.78 is 5.24. The highest BCUT2D eigenvalue weighted by Crippen LogP contribution is 2.19. The molecule has 0 spiro atoms. The first-order valence-corrected chi connectivity index (χ1v) is 8.84. The summed E-state index contributed by atoms with van der Waals surface area (Å²) in [7, 11) is 0. The number of likely N-dealkylation sites (tertiary alicyclic amines) is 1. The molecule has 1 aliphatic heterocycles. The SMILES string of the molecule is Cc1ccc2[nH]c(=O)c(-c3noc(CCC(=O)N4CCCC4)n3)cc2c1. The predicted molar refractivity (Wildman–Crippen MR) is 96.7 cm³/mol. The number of aryl methyl sites for hydroxylation is 2. The van der Waals surface area contributed by atoms with Crippen LogP contribution < -0.4 is 5.56 Å². The molecule has 1 fully saturated rings. The van der Waals surface area contributed by atoms with Crippen molar-refractivity contribution in [1.82, 2.24) is 20.0 Å². The van der Waals surface area contributed by atoms with Crippen LogP contribution in [0.4, 0.5) is 0 Å². The molecule has 2 aromatic heterocycles. The zero-order chi connectivity index (χ0) is 18.1. The van der Waals surface area contributed by atoms with Gasteiger partial charge in [-0.15, -0.1) is 0 Å². The molecule has 134 valence electrons. The molecule has 1 N–H and O–H groups in total. The van der Waals surface area contributed by atoms with Gasteiger partial charge in [-0.1, -0.05) is 16.8 Å². The van der Waals surface area contributed by atoms with Crippen LogP contribution in [0.1, 0.15) is 30.7 Å². The molecular weight excluding hydrogens is 332 g/mol. The van der Waals surface area contributed by atoms with Gasteiger partial charge in [0.15, 0.2) is 0 Å². The highest BCUT2D eigenvalue weighted by atomic mass is 16.5. The monoisotopic (exact) mass is 352 g/mol. The third-order valence-corrected chi connectivity index (χ3v) is 4.72. The Hall–Kier alpha value is -2.96. The van der Waals surface area contributed by atoms with E-state index in [0.717, 1.165) is 42.4 Å². The van der Waals surface area contributed by atoms with Gasteiger partial charge in [0.25, 0.3) is 5.56 Å². The number of carbonyl (C=O) groups excluding carboxylic acids is 1. The van der Waals surface area contributed by atoms with Crippen molar-refractivity contribution < 1.29 is 9.32 Å². The molecule has 7 heteroatoms. The fourth-order valence-corrected chi connectivity index (χ4v) is 3.30. The minimum Gasteiger partial charge on any atom is -0.343 e. The number of aromatic amines is 1. The molecule has 0 atom stereocenters. The number of hydrogen-bond donors (Lipinski definition) is 1. The lowest BCUT2D eigenvalue weighted by atomic mass is 10.1. The van der Waals surface area contributed by atoms with E-state index >= 15 is 0 Å². The predicted octanol–water partition coefficient (Wildman–Crippen LogP) is 2.44. The minimum absolute atomic E-state index is 0.112. The number of amides is 1. The summed E-state index contributed by atoms with van der Waals surface area (Å²) in [5.41, 5.74) is 1.97. The van der Waals surface area contributed by atoms with Crippen molar-refractivity contribution in [2.75, 3.05) is 13.1 Å².